The number of carbonyl (C=O) groups is 2. The van der Waals surface area contributed by atoms with Gasteiger partial charge in [0.15, 0.2) is 0 Å². The van der Waals surface area contributed by atoms with Gasteiger partial charge in [-0.25, -0.2) is 4.98 Å². The van der Waals surface area contributed by atoms with E-state index in [0.717, 1.165) is 11.4 Å². The zero-order valence-electron chi connectivity index (χ0n) is 10.3. The lowest BCUT2D eigenvalue weighted by atomic mass is 10.1. The Balaban J connectivity index is 1.80. The smallest absolute Gasteiger partial charge is 0.259 e. The standard InChI is InChI=1S/C13H12N4O2/c1-17-7-14-5-9(17)6-15-8-2-3-10-11(4-8)13(19)16-12(10)18/h2-5,7,15H,6H2,1H3,(H,16,18,19). The number of carbonyl (C=O) groups excluding carboxylic acids is 2. The Morgan fingerprint density at radius 3 is 2.79 bits per heavy atom. The van der Waals surface area contributed by atoms with E-state index < -0.39 is 0 Å². The van der Waals surface area contributed by atoms with E-state index in [1.165, 1.54) is 0 Å². The van der Waals surface area contributed by atoms with Gasteiger partial charge in [-0.15, -0.1) is 0 Å². The maximum atomic E-state index is 11.5. The van der Waals surface area contributed by atoms with Gasteiger partial charge in [-0.3, -0.25) is 14.9 Å². The van der Waals surface area contributed by atoms with Crippen molar-refractivity contribution < 1.29 is 9.59 Å². The van der Waals surface area contributed by atoms with E-state index in [1.54, 1.807) is 30.7 Å². The lowest BCUT2D eigenvalue weighted by molar-refractivity contribution is 0.0879. The summed E-state index contributed by atoms with van der Waals surface area (Å²) >= 11 is 0. The maximum absolute atomic E-state index is 11.5. The molecule has 3 rings (SSSR count). The number of imide groups is 1. The van der Waals surface area contributed by atoms with E-state index in [0.29, 0.717) is 17.7 Å². The van der Waals surface area contributed by atoms with E-state index in [1.807, 2.05) is 11.6 Å². The van der Waals surface area contributed by atoms with Gasteiger partial charge in [0.05, 0.1) is 29.7 Å². The zero-order chi connectivity index (χ0) is 13.4. The van der Waals surface area contributed by atoms with Crippen LogP contribution in [-0.2, 0) is 13.6 Å². The summed E-state index contributed by atoms with van der Waals surface area (Å²) < 4.78 is 1.91. The third kappa shape index (κ3) is 1.97. The van der Waals surface area contributed by atoms with Crippen LogP contribution in [0.1, 0.15) is 26.4 Å². The van der Waals surface area contributed by atoms with E-state index in [4.69, 9.17) is 0 Å². The molecule has 1 aromatic heterocycles. The first kappa shape index (κ1) is 11.5. The number of rotatable bonds is 3. The van der Waals surface area contributed by atoms with Crippen molar-refractivity contribution in [2.45, 2.75) is 6.54 Å². The SMILES string of the molecule is Cn1cncc1CNc1ccc2c(c1)C(=O)NC2=O. The molecule has 1 aliphatic rings. The summed E-state index contributed by atoms with van der Waals surface area (Å²) in [4.78, 5) is 27.0. The summed E-state index contributed by atoms with van der Waals surface area (Å²) in [5.41, 5.74) is 2.67. The van der Waals surface area contributed by atoms with Gasteiger partial charge in [0.25, 0.3) is 11.8 Å². The topological polar surface area (TPSA) is 76.0 Å². The van der Waals surface area contributed by atoms with Gasteiger partial charge in [0, 0.05) is 18.9 Å². The van der Waals surface area contributed by atoms with Gasteiger partial charge < -0.3 is 9.88 Å². The molecule has 0 saturated heterocycles. The number of aryl methyl sites for hydroxylation is 1. The van der Waals surface area contributed by atoms with Gasteiger partial charge in [0.1, 0.15) is 0 Å². The monoisotopic (exact) mass is 256 g/mol. The zero-order valence-corrected chi connectivity index (χ0v) is 10.3. The lowest BCUT2D eigenvalue weighted by Crippen LogP contribution is -2.19. The van der Waals surface area contributed by atoms with Crippen LogP contribution in [0, 0.1) is 0 Å². The summed E-state index contributed by atoms with van der Waals surface area (Å²) in [6.07, 6.45) is 3.50. The van der Waals surface area contributed by atoms with Crippen molar-refractivity contribution in [3.05, 3.63) is 47.5 Å². The Morgan fingerprint density at radius 1 is 1.26 bits per heavy atom. The average Bonchev–Trinajstić information content (AvgIpc) is 2.92. The molecule has 2 amide bonds. The first-order valence-electron chi connectivity index (χ1n) is 5.84. The fraction of sp³-hybridized carbons (Fsp3) is 0.154. The molecule has 0 saturated carbocycles. The molecule has 0 atom stereocenters. The Labute approximate surface area is 109 Å². The summed E-state index contributed by atoms with van der Waals surface area (Å²) in [5.74, 6) is -0.678. The highest BCUT2D eigenvalue weighted by Gasteiger charge is 2.26. The molecule has 0 aliphatic carbocycles. The molecule has 0 fully saturated rings. The molecular formula is C13H12N4O2. The van der Waals surface area contributed by atoms with Gasteiger partial charge >= 0.3 is 0 Å². The Bertz CT molecular complexity index is 675. The van der Waals surface area contributed by atoms with E-state index in [2.05, 4.69) is 15.6 Å². The minimum Gasteiger partial charge on any atom is -0.379 e. The van der Waals surface area contributed by atoms with Crippen molar-refractivity contribution in [2.24, 2.45) is 7.05 Å². The summed E-state index contributed by atoms with van der Waals surface area (Å²) in [6.45, 7) is 0.602. The van der Waals surface area contributed by atoms with Crippen molar-refractivity contribution in [1.29, 1.82) is 0 Å². The molecule has 6 heteroatoms. The van der Waals surface area contributed by atoms with Gasteiger partial charge in [-0.1, -0.05) is 0 Å². The minimum atomic E-state index is -0.343. The van der Waals surface area contributed by atoms with Crippen LogP contribution in [-0.4, -0.2) is 21.4 Å². The number of hydrogen-bond acceptors (Lipinski definition) is 4. The highest BCUT2D eigenvalue weighted by atomic mass is 16.2. The number of nitrogens with one attached hydrogen (secondary N) is 2. The number of fused-ring (bicyclic) bond motifs is 1. The first-order chi connectivity index (χ1) is 9.15. The molecule has 2 heterocycles. The molecule has 1 aliphatic heterocycles. The van der Waals surface area contributed by atoms with Crippen LogP contribution in [0.5, 0.6) is 0 Å². The number of hydrogen-bond donors (Lipinski definition) is 2. The van der Waals surface area contributed by atoms with Gasteiger partial charge in [-0.2, -0.15) is 0 Å². The van der Waals surface area contributed by atoms with Gasteiger partial charge in [0.2, 0.25) is 0 Å². The highest BCUT2D eigenvalue weighted by molar-refractivity contribution is 6.21. The van der Waals surface area contributed by atoms with E-state index in [-0.39, 0.29) is 11.8 Å². The number of nitrogens with zero attached hydrogens (tertiary/aromatic N) is 2. The Kier molecular flexibility index (Phi) is 2.56. The quantitative estimate of drug-likeness (QED) is 0.800. The van der Waals surface area contributed by atoms with Crippen molar-refractivity contribution in [2.75, 3.05) is 5.32 Å². The number of imidazole rings is 1. The normalized spacial score (nSPS) is 13.3. The molecule has 19 heavy (non-hydrogen) atoms. The minimum absolute atomic E-state index is 0.335. The first-order valence-corrected chi connectivity index (χ1v) is 5.84. The third-order valence-electron chi connectivity index (χ3n) is 3.13. The summed E-state index contributed by atoms with van der Waals surface area (Å²) in [5, 5.41) is 5.47. The average molecular weight is 256 g/mol. The van der Waals surface area contributed by atoms with Crippen LogP contribution in [0.3, 0.4) is 0 Å². The van der Waals surface area contributed by atoms with Crippen molar-refractivity contribution >= 4 is 17.5 Å². The predicted octanol–water partition coefficient (Wildman–Crippen LogP) is 0.916. The van der Waals surface area contributed by atoms with Crippen LogP contribution in [0.2, 0.25) is 0 Å². The summed E-state index contributed by atoms with van der Waals surface area (Å²) in [6, 6.07) is 5.13. The molecule has 0 radical (unpaired) electrons. The van der Waals surface area contributed by atoms with Crippen LogP contribution in [0.4, 0.5) is 5.69 Å². The molecule has 2 N–H and O–H groups in total. The largest absolute Gasteiger partial charge is 0.379 e. The molecule has 96 valence electrons. The van der Waals surface area contributed by atoms with E-state index >= 15 is 0 Å². The maximum Gasteiger partial charge on any atom is 0.259 e. The Hall–Kier alpha value is -2.63. The molecule has 0 unspecified atom stereocenters. The number of benzene rings is 1. The number of aromatic nitrogens is 2. The molecular weight excluding hydrogens is 244 g/mol. The molecule has 1 aromatic carbocycles. The molecule has 6 nitrogen and oxygen atoms in total. The van der Waals surface area contributed by atoms with E-state index in [9.17, 15) is 9.59 Å². The predicted molar refractivity (Wildman–Crippen MR) is 68.8 cm³/mol. The second-order valence-corrected chi connectivity index (χ2v) is 4.39. The number of amides is 2. The third-order valence-corrected chi connectivity index (χ3v) is 3.13. The van der Waals surface area contributed by atoms with Crippen LogP contribution in [0.15, 0.2) is 30.7 Å². The second-order valence-electron chi connectivity index (χ2n) is 4.39. The Morgan fingerprint density at radius 2 is 2.05 bits per heavy atom. The van der Waals surface area contributed by atoms with Crippen molar-refractivity contribution in [3.63, 3.8) is 0 Å². The van der Waals surface area contributed by atoms with Crippen LogP contribution >= 0.6 is 0 Å². The molecule has 0 spiro atoms. The fourth-order valence-electron chi connectivity index (χ4n) is 2.03. The summed E-state index contributed by atoms with van der Waals surface area (Å²) in [7, 11) is 1.92. The fourth-order valence-corrected chi connectivity index (χ4v) is 2.03. The lowest BCUT2D eigenvalue weighted by Gasteiger charge is -2.07. The molecule has 2 aromatic rings. The van der Waals surface area contributed by atoms with Crippen molar-refractivity contribution in [3.8, 4) is 0 Å². The van der Waals surface area contributed by atoms with Gasteiger partial charge in [-0.05, 0) is 18.2 Å². The molecule has 0 bridgehead atoms. The van der Waals surface area contributed by atoms with Crippen LogP contribution in [0.25, 0.3) is 0 Å². The highest BCUT2D eigenvalue weighted by Crippen LogP contribution is 2.20. The second kappa shape index (κ2) is 4.24. The van der Waals surface area contributed by atoms with Crippen LogP contribution < -0.4 is 10.6 Å². The van der Waals surface area contributed by atoms with Crippen molar-refractivity contribution in [1.82, 2.24) is 14.9 Å². The number of anilines is 1.